The molecule has 0 radical (unpaired) electrons. The zero-order valence-corrected chi connectivity index (χ0v) is 18.6. The minimum atomic E-state index is 0.0702. The van der Waals surface area contributed by atoms with Crippen molar-refractivity contribution >= 4 is 39.2 Å². The highest BCUT2D eigenvalue weighted by Gasteiger charge is 2.26. The molecule has 2 aromatic heterocycles. The van der Waals surface area contributed by atoms with E-state index in [0.29, 0.717) is 29.4 Å². The minimum Gasteiger partial charge on any atom is -0.339 e. The Hall–Kier alpha value is -1.34. The van der Waals surface area contributed by atoms with Gasteiger partial charge in [0.1, 0.15) is 4.83 Å². The number of thioether (sulfide) groups is 1. The van der Waals surface area contributed by atoms with Crippen molar-refractivity contribution in [1.29, 1.82) is 0 Å². The van der Waals surface area contributed by atoms with E-state index in [4.69, 9.17) is 4.98 Å². The number of carbonyl (C=O) groups is 1. The fraction of sp³-hybridized carbons (Fsp3) is 0.667. The number of aromatic nitrogens is 2. The molecule has 1 aliphatic carbocycles. The average molecular weight is 420 g/mol. The highest BCUT2D eigenvalue weighted by Crippen LogP contribution is 2.36. The molecule has 3 heterocycles. The van der Waals surface area contributed by atoms with Crippen molar-refractivity contribution in [2.75, 3.05) is 12.3 Å². The van der Waals surface area contributed by atoms with Gasteiger partial charge in [0.25, 0.3) is 5.56 Å². The lowest BCUT2D eigenvalue weighted by Gasteiger charge is -2.33. The Balaban J connectivity index is 1.62. The summed E-state index contributed by atoms with van der Waals surface area (Å²) in [7, 11) is 0. The number of piperidine rings is 1. The van der Waals surface area contributed by atoms with Gasteiger partial charge in [0.05, 0.1) is 11.1 Å². The van der Waals surface area contributed by atoms with Gasteiger partial charge in [-0.2, -0.15) is 0 Å². The molecule has 152 valence electrons. The van der Waals surface area contributed by atoms with Crippen LogP contribution in [-0.4, -0.2) is 38.7 Å². The molecule has 4 rings (SSSR count). The SMILES string of the molecule is CCn1c(SCC(=O)N2CCCC[C@@H]2C)nc2sc3c(c2c1=O)CC[C@@H](C)C3. The van der Waals surface area contributed by atoms with Gasteiger partial charge in [-0.05, 0) is 63.9 Å². The van der Waals surface area contributed by atoms with Crippen LogP contribution >= 0.6 is 23.1 Å². The summed E-state index contributed by atoms with van der Waals surface area (Å²) in [4.78, 5) is 35.0. The summed E-state index contributed by atoms with van der Waals surface area (Å²) >= 11 is 3.10. The van der Waals surface area contributed by atoms with Gasteiger partial charge in [-0.3, -0.25) is 14.2 Å². The number of aryl methyl sites for hydroxylation is 1. The Labute approximate surface area is 174 Å². The topological polar surface area (TPSA) is 55.2 Å². The Morgan fingerprint density at radius 2 is 2.11 bits per heavy atom. The Bertz CT molecular complexity index is 949. The van der Waals surface area contributed by atoms with Gasteiger partial charge in [0.15, 0.2) is 5.16 Å². The van der Waals surface area contributed by atoms with E-state index in [1.54, 1.807) is 15.9 Å². The first-order valence-electron chi connectivity index (χ1n) is 10.5. The number of hydrogen-bond acceptors (Lipinski definition) is 5. The van der Waals surface area contributed by atoms with Gasteiger partial charge in [0.2, 0.25) is 5.91 Å². The van der Waals surface area contributed by atoms with Gasteiger partial charge in [-0.1, -0.05) is 18.7 Å². The molecule has 0 unspecified atom stereocenters. The van der Waals surface area contributed by atoms with Crippen LogP contribution in [0.3, 0.4) is 0 Å². The summed E-state index contributed by atoms with van der Waals surface area (Å²) in [5, 5.41) is 1.51. The van der Waals surface area contributed by atoms with Crippen molar-refractivity contribution in [3.8, 4) is 0 Å². The van der Waals surface area contributed by atoms with Gasteiger partial charge in [0, 0.05) is 24.0 Å². The number of hydrogen-bond donors (Lipinski definition) is 0. The minimum absolute atomic E-state index is 0.0702. The van der Waals surface area contributed by atoms with Crippen LogP contribution in [0.1, 0.15) is 56.9 Å². The number of likely N-dealkylation sites (tertiary alicyclic amines) is 1. The van der Waals surface area contributed by atoms with E-state index in [9.17, 15) is 9.59 Å². The highest BCUT2D eigenvalue weighted by molar-refractivity contribution is 7.99. The number of fused-ring (bicyclic) bond motifs is 3. The van der Waals surface area contributed by atoms with Gasteiger partial charge in [-0.25, -0.2) is 4.98 Å². The summed E-state index contributed by atoms with van der Waals surface area (Å²) < 4.78 is 1.75. The molecule has 1 aliphatic heterocycles. The predicted octanol–water partition coefficient (Wildman–Crippen LogP) is 4.10. The molecular formula is C21H29N3O2S2. The standard InChI is InChI=1S/C21H29N3O2S2/c1-4-23-20(26)18-15-9-8-13(2)11-16(15)28-19(18)22-21(23)27-12-17(25)24-10-6-5-7-14(24)3/h13-14H,4-12H2,1-3H3/t13-,14+/m1/s1. The van der Waals surface area contributed by atoms with Crippen LogP contribution in [-0.2, 0) is 24.2 Å². The molecule has 0 bridgehead atoms. The van der Waals surface area contributed by atoms with Crippen LogP contribution < -0.4 is 5.56 Å². The zero-order chi connectivity index (χ0) is 19.8. The Morgan fingerprint density at radius 1 is 1.29 bits per heavy atom. The lowest BCUT2D eigenvalue weighted by Crippen LogP contribution is -2.43. The molecule has 0 saturated carbocycles. The van der Waals surface area contributed by atoms with E-state index in [1.807, 2.05) is 11.8 Å². The van der Waals surface area contributed by atoms with Gasteiger partial charge < -0.3 is 4.90 Å². The lowest BCUT2D eigenvalue weighted by atomic mass is 9.89. The number of rotatable bonds is 4. The van der Waals surface area contributed by atoms with Crippen molar-refractivity contribution < 1.29 is 4.79 Å². The van der Waals surface area contributed by atoms with E-state index >= 15 is 0 Å². The van der Waals surface area contributed by atoms with Crippen molar-refractivity contribution in [3.05, 3.63) is 20.8 Å². The van der Waals surface area contributed by atoms with Crippen LogP contribution in [0.5, 0.6) is 0 Å². The molecule has 0 aromatic carbocycles. The first-order valence-corrected chi connectivity index (χ1v) is 12.3. The van der Waals surface area contributed by atoms with Crippen molar-refractivity contribution in [2.24, 2.45) is 5.92 Å². The molecule has 28 heavy (non-hydrogen) atoms. The van der Waals surface area contributed by atoms with E-state index in [1.165, 1.54) is 28.6 Å². The fourth-order valence-electron chi connectivity index (χ4n) is 4.47. The second kappa shape index (κ2) is 8.19. The largest absolute Gasteiger partial charge is 0.339 e. The number of nitrogens with zero attached hydrogens (tertiary/aromatic N) is 3. The molecular weight excluding hydrogens is 390 g/mol. The van der Waals surface area contributed by atoms with Gasteiger partial charge >= 0.3 is 0 Å². The van der Waals surface area contributed by atoms with Crippen molar-refractivity contribution in [3.63, 3.8) is 0 Å². The molecule has 0 N–H and O–H groups in total. The third-order valence-electron chi connectivity index (χ3n) is 6.14. The first kappa shape index (κ1) is 20.0. The number of amides is 1. The molecule has 2 atom stereocenters. The molecule has 1 amide bonds. The summed E-state index contributed by atoms with van der Waals surface area (Å²) in [6, 6.07) is 0.316. The van der Waals surface area contributed by atoms with Crippen LogP contribution in [0.2, 0.25) is 0 Å². The number of carbonyl (C=O) groups excluding carboxylic acids is 1. The van der Waals surface area contributed by atoms with Crippen LogP contribution in [0.15, 0.2) is 9.95 Å². The number of thiophene rings is 1. The first-order chi connectivity index (χ1) is 13.5. The van der Waals surface area contributed by atoms with E-state index in [2.05, 4.69) is 13.8 Å². The summed E-state index contributed by atoms with van der Waals surface area (Å²) in [5.74, 6) is 1.19. The lowest BCUT2D eigenvalue weighted by molar-refractivity contribution is -0.131. The molecule has 1 saturated heterocycles. The second-order valence-electron chi connectivity index (χ2n) is 8.20. The summed E-state index contributed by atoms with van der Waals surface area (Å²) in [6.45, 7) is 7.82. The maximum Gasteiger partial charge on any atom is 0.263 e. The zero-order valence-electron chi connectivity index (χ0n) is 17.0. The predicted molar refractivity (Wildman–Crippen MR) is 116 cm³/mol. The third-order valence-corrected chi connectivity index (χ3v) is 8.25. The van der Waals surface area contributed by atoms with E-state index in [0.717, 1.165) is 48.9 Å². The second-order valence-corrected chi connectivity index (χ2v) is 10.2. The fourth-order valence-corrected chi connectivity index (χ4v) is 6.84. The van der Waals surface area contributed by atoms with Crippen LogP contribution in [0.25, 0.3) is 10.2 Å². The van der Waals surface area contributed by atoms with Crippen molar-refractivity contribution in [1.82, 2.24) is 14.5 Å². The highest BCUT2D eigenvalue weighted by atomic mass is 32.2. The van der Waals surface area contributed by atoms with Crippen LogP contribution in [0, 0.1) is 5.92 Å². The molecule has 2 aromatic rings. The van der Waals surface area contributed by atoms with E-state index in [-0.39, 0.29) is 11.5 Å². The summed E-state index contributed by atoms with van der Waals surface area (Å²) in [5.41, 5.74) is 1.30. The quantitative estimate of drug-likeness (QED) is 0.553. The Morgan fingerprint density at radius 3 is 2.86 bits per heavy atom. The monoisotopic (exact) mass is 419 g/mol. The smallest absolute Gasteiger partial charge is 0.263 e. The normalized spacial score (nSPS) is 22.5. The molecule has 0 spiro atoms. The maximum atomic E-state index is 13.2. The molecule has 1 fully saturated rings. The third kappa shape index (κ3) is 3.63. The maximum absolute atomic E-state index is 13.2. The average Bonchev–Trinajstić information content (AvgIpc) is 3.04. The van der Waals surface area contributed by atoms with E-state index < -0.39 is 0 Å². The molecule has 7 heteroatoms. The van der Waals surface area contributed by atoms with Crippen molar-refractivity contribution in [2.45, 2.75) is 77.0 Å². The summed E-state index contributed by atoms with van der Waals surface area (Å²) in [6.07, 6.45) is 6.55. The Kier molecular flexibility index (Phi) is 5.83. The van der Waals surface area contributed by atoms with Crippen LogP contribution in [0.4, 0.5) is 0 Å². The molecule has 2 aliphatic rings. The van der Waals surface area contributed by atoms with Gasteiger partial charge in [-0.15, -0.1) is 11.3 Å². The molecule has 5 nitrogen and oxygen atoms in total.